The van der Waals surface area contributed by atoms with Crippen LogP contribution in [0.4, 0.5) is 4.39 Å². The maximum absolute atomic E-state index is 12.9. The molecule has 0 atom stereocenters. The maximum Gasteiger partial charge on any atom is 0.218 e. The van der Waals surface area contributed by atoms with Gasteiger partial charge in [-0.25, -0.2) is 12.8 Å². The van der Waals surface area contributed by atoms with Crippen molar-refractivity contribution in [2.75, 3.05) is 19.6 Å². The van der Waals surface area contributed by atoms with Crippen molar-refractivity contribution in [2.45, 2.75) is 38.0 Å². The first-order chi connectivity index (χ1) is 10.0. The van der Waals surface area contributed by atoms with Gasteiger partial charge in [0.1, 0.15) is 5.82 Å². The van der Waals surface area contributed by atoms with E-state index in [0.29, 0.717) is 12.1 Å². The fraction of sp³-hybridized carbons (Fsp3) is 0.600. The molecule has 22 heavy (non-hydrogen) atoms. The van der Waals surface area contributed by atoms with Crippen LogP contribution in [0.15, 0.2) is 24.3 Å². The van der Waals surface area contributed by atoms with E-state index in [1.54, 1.807) is 16.4 Å². The van der Waals surface area contributed by atoms with E-state index in [4.69, 9.17) is 0 Å². The van der Waals surface area contributed by atoms with E-state index in [1.165, 1.54) is 12.1 Å². The smallest absolute Gasteiger partial charge is 0.218 e. The zero-order valence-corrected chi connectivity index (χ0v) is 14.4. The Labute approximate surface area is 138 Å². The van der Waals surface area contributed by atoms with E-state index in [-0.39, 0.29) is 30.0 Å². The van der Waals surface area contributed by atoms with Gasteiger partial charge in [-0.05, 0) is 50.0 Å². The predicted octanol–water partition coefficient (Wildman–Crippen LogP) is 2.54. The molecule has 1 saturated heterocycles. The van der Waals surface area contributed by atoms with Gasteiger partial charge < -0.3 is 5.32 Å². The molecule has 0 aliphatic carbocycles. The Hall–Kier alpha value is -0.690. The molecule has 1 heterocycles. The zero-order valence-electron chi connectivity index (χ0n) is 12.8. The van der Waals surface area contributed by atoms with Gasteiger partial charge in [0.25, 0.3) is 0 Å². The molecule has 0 spiro atoms. The third-order valence-electron chi connectivity index (χ3n) is 3.78. The molecule has 126 valence electrons. The summed E-state index contributed by atoms with van der Waals surface area (Å²) < 4.78 is 39.9. The van der Waals surface area contributed by atoms with Crippen LogP contribution in [-0.4, -0.2) is 38.4 Å². The molecular formula is C15H24ClFN2O2S. The van der Waals surface area contributed by atoms with Crippen molar-refractivity contribution in [2.24, 2.45) is 0 Å². The normalized spacial score (nSPS) is 16.5. The molecule has 1 fully saturated rings. The van der Waals surface area contributed by atoms with E-state index < -0.39 is 10.0 Å². The fourth-order valence-corrected chi connectivity index (χ4v) is 4.64. The van der Waals surface area contributed by atoms with Crippen LogP contribution >= 0.6 is 12.4 Å². The average molecular weight is 351 g/mol. The molecule has 0 amide bonds. The van der Waals surface area contributed by atoms with Crippen molar-refractivity contribution >= 4 is 22.4 Å². The van der Waals surface area contributed by atoms with Gasteiger partial charge >= 0.3 is 0 Å². The Bertz CT molecular complexity index is 545. The maximum atomic E-state index is 12.9. The second kappa shape index (κ2) is 8.82. The molecule has 0 unspecified atom stereocenters. The number of hydrogen-bond acceptors (Lipinski definition) is 3. The van der Waals surface area contributed by atoms with Crippen LogP contribution < -0.4 is 5.32 Å². The fourth-order valence-electron chi connectivity index (χ4n) is 2.74. The molecule has 0 radical (unpaired) electrons. The molecule has 0 bridgehead atoms. The molecule has 2 rings (SSSR count). The van der Waals surface area contributed by atoms with Gasteiger partial charge in [0, 0.05) is 12.6 Å². The van der Waals surface area contributed by atoms with E-state index in [9.17, 15) is 12.8 Å². The number of halogens is 2. The lowest BCUT2D eigenvalue weighted by Gasteiger charge is -2.33. The van der Waals surface area contributed by atoms with Crippen LogP contribution in [0.5, 0.6) is 0 Å². The summed E-state index contributed by atoms with van der Waals surface area (Å²) in [6, 6.07) is 5.77. The second-order valence-electron chi connectivity index (χ2n) is 5.47. The molecule has 1 aromatic carbocycles. The first kappa shape index (κ1) is 19.4. The highest BCUT2D eigenvalue weighted by molar-refractivity contribution is 7.88. The van der Waals surface area contributed by atoms with Gasteiger partial charge in [0.2, 0.25) is 10.0 Å². The standard InChI is InChI=1S/C15H23FN2O2S.ClH/c1-2-11-18(15-7-9-17-10-8-15)21(19,20)12-13-3-5-14(16)6-4-13;/h3-6,15,17H,2,7-12H2,1H3;1H. The number of rotatable bonds is 6. The van der Waals surface area contributed by atoms with Crippen LogP contribution in [0, 0.1) is 5.82 Å². The molecule has 1 aromatic rings. The van der Waals surface area contributed by atoms with Crippen molar-refractivity contribution in [3.63, 3.8) is 0 Å². The summed E-state index contributed by atoms with van der Waals surface area (Å²) in [5, 5.41) is 3.26. The molecule has 7 heteroatoms. The summed E-state index contributed by atoms with van der Waals surface area (Å²) in [7, 11) is -3.37. The highest BCUT2D eigenvalue weighted by Gasteiger charge is 2.30. The van der Waals surface area contributed by atoms with E-state index in [2.05, 4.69) is 5.32 Å². The monoisotopic (exact) mass is 350 g/mol. The minimum Gasteiger partial charge on any atom is -0.317 e. The molecule has 1 aliphatic rings. The van der Waals surface area contributed by atoms with Crippen molar-refractivity contribution < 1.29 is 12.8 Å². The highest BCUT2D eigenvalue weighted by Crippen LogP contribution is 2.20. The zero-order chi connectivity index (χ0) is 15.3. The number of piperidine rings is 1. The minimum atomic E-state index is -3.37. The molecular weight excluding hydrogens is 327 g/mol. The van der Waals surface area contributed by atoms with Crippen molar-refractivity contribution in [1.29, 1.82) is 0 Å². The van der Waals surface area contributed by atoms with Crippen LogP contribution in [0.25, 0.3) is 0 Å². The number of sulfonamides is 1. The Morgan fingerprint density at radius 1 is 1.23 bits per heavy atom. The van der Waals surface area contributed by atoms with E-state index in [1.807, 2.05) is 6.92 Å². The summed E-state index contributed by atoms with van der Waals surface area (Å²) in [6.45, 7) is 4.25. The summed E-state index contributed by atoms with van der Waals surface area (Å²) in [6.07, 6.45) is 2.50. The average Bonchev–Trinajstić information content (AvgIpc) is 2.48. The highest BCUT2D eigenvalue weighted by atomic mass is 35.5. The van der Waals surface area contributed by atoms with E-state index in [0.717, 1.165) is 32.4 Å². The van der Waals surface area contributed by atoms with Gasteiger partial charge in [0.05, 0.1) is 5.75 Å². The van der Waals surface area contributed by atoms with Gasteiger partial charge in [-0.15, -0.1) is 12.4 Å². The lowest BCUT2D eigenvalue weighted by Crippen LogP contribution is -2.46. The Balaban J connectivity index is 0.00000242. The first-order valence-corrected chi connectivity index (χ1v) is 9.08. The van der Waals surface area contributed by atoms with Crippen LogP contribution in [0.2, 0.25) is 0 Å². The van der Waals surface area contributed by atoms with Crippen molar-refractivity contribution in [1.82, 2.24) is 9.62 Å². The largest absolute Gasteiger partial charge is 0.317 e. The van der Waals surface area contributed by atoms with Gasteiger partial charge in [-0.1, -0.05) is 19.1 Å². The third-order valence-corrected chi connectivity index (χ3v) is 5.67. The van der Waals surface area contributed by atoms with Crippen molar-refractivity contribution in [3.8, 4) is 0 Å². The minimum absolute atomic E-state index is 0. The summed E-state index contributed by atoms with van der Waals surface area (Å²) in [5.74, 6) is -0.406. The lowest BCUT2D eigenvalue weighted by molar-refractivity contribution is 0.262. The number of hydrogen-bond donors (Lipinski definition) is 1. The van der Waals surface area contributed by atoms with Crippen LogP contribution in [0.1, 0.15) is 31.7 Å². The van der Waals surface area contributed by atoms with Gasteiger partial charge in [-0.3, -0.25) is 0 Å². The van der Waals surface area contributed by atoms with Crippen molar-refractivity contribution in [3.05, 3.63) is 35.6 Å². The molecule has 4 nitrogen and oxygen atoms in total. The molecule has 0 aromatic heterocycles. The SMILES string of the molecule is CCCN(C1CCNCC1)S(=O)(=O)Cc1ccc(F)cc1.Cl. The molecule has 1 aliphatic heterocycles. The Morgan fingerprint density at radius 2 is 1.82 bits per heavy atom. The number of benzene rings is 1. The quantitative estimate of drug-likeness (QED) is 0.857. The van der Waals surface area contributed by atoms with Gasteiger partial charge in [0.15, 0.2) is 0 Å². The Morgan fingerprint density at radius 3 is 2.36 bits per heavy atom. The van der Waals surface area contributed by atoms with Crippen LogP contribution in [-0.2, 0) is 15.8 Å². The second-order valence-corrected chi connectivity index (χ2v) is 7.40. The van der Waals surface area contributed by atoms with Gasteiger partial charge in [-0.2, -0.15) is 4.31 Å². The van der Waals surface area contributed by atoms with E-state index >= 15 is 0 Å². The molecule has 1 N–H and O–H groups in total. The lowest BCUT2D eigenvalue weighted by atomic mass is 10.1. The topological polar surface area (TPSA) is 49.4 Å². The first-order valence-electron chi connectivity index (χ1n) is 7.47. The summed E-state index contributed by atoms with van der Waals surface area (Å²) >= 11 is 0. The third kappa shape index (κ3) is 5.19. The number of nitrogens with zero attached hydrogens (tertiary/aromatic N) is 1. The summed E-state index contributed by atoms with van der Waals surface area (Å²) in [5.41, 5.74) is 0.631. The predicted molar refractivity (Wildman–Crippen MR) is 89.2 cm³/mol. The van der Waals surface area contributed by atoms with Crippen LogP contribution in [0.3, 0.4) is 0 Å². The Kier molecular flexibility index (Phi) is 7.76. The molecule has 0 saturated carbocycles. The number of nitrogens with one attached hydrogen (secondary N) is 1. The summed E-state index contributed by atoms with van der Waals surface area (Å²) in [4.78, 5) is 0.